The molecule has 8 heteroatoms. The van der Waals surface area contributed by atoms with Crippen molar-refractivity contribution in [1.29, 1.82) is 0 Å². The zero-order valence-electron chi connectivity index (χ0n) is 18.7. The van der Waals surface area contributed by atoms with E-state index in [1.165, 1.54) is 17.0 Å². The summed E-state index contributed by atoms with van der Waals surface area (Å²) < 4.78 is 13.7. The fourth-order valence-electron chi connectivity index (χ4n) is 5.59. The van der Waals surface area contributed by atoms with Gasteiger partial charge in [0.2, 0.25) is 0 Å². The third-order valence-electron chi connectivity index (χ3n) is 6.49. The number of hydrogen-bond donors (Lipinski definition) is 2. The summed E-state index contributed by atoms with van der Waals surface area (Å²) in [5.74, 6) is -2.70. The number of rotatable bonds is 3. The molecule has 30 heavy (non-hydrogen) atoms. The van der Waals surface area contributed by atoms with E-state index >= 15 is 0 Å². The maximum atomic E-state index is 13.7. The van der Waals surface area contributed by atoms with E-state index in [0.717, 1.165) is 0 Å². The van der Waals surface area contributed by atoms with E-state index in [2.05, 4.69) is 4.98 Å². The number of halogens is 2. The molecule has 0 bridgehead atoms. The number of piperidine rings is 1. The second-order valence-corrected chi connectivity index (χ2v) is 10.9. The van der Waals surface area contributed by atoms with Crippen LogP contribution in [0.4, 0.5) is 9.18 Å². The highest BCUT2D eigenvalue weighted by Gasteiger charge is 2.64. The van der Waals surface area contributed by atoms with Crippen LogP contribution in [-0.4, -0.2) is 44.7 Å². The SMILES string of the molecule is C[C@@H]1C(C(C)(C)C)[C@](Cc2ccc(F)c(Cl)n2)(C(=O)O)C(C(C)(C)C)CN1C(=O)O. The topological polar surface area (TPSA) is 90.7 Å². The zero-order chi connectivity index (χ0) is 23.2. The van der Waals surface area contributed by atoms with Crippen LogP contribution in [0.2, 0.25) is 5.15 Å². The monoisotopic (exact) mass is 442 g/mol. The molecule has 0 aliphatic carbocycles. The third kappa shape index (κ3) is 4.27. The van der Waals surface area contributed by atoms with Crippen LogP contribution in [0.15, 0.2) is 12.1 Å². The summed E-state index contributed by atoms with van der Waals surface area (Å²) in [6.45, 7) is 13.4. The molecule has 2 rings (SSSR count). The van der Waals surface area contributed by atoms with Crippen molar-refractivity contribution in [2.24, 2.45) is 28.1 Å². The molecule has 1 saturated heterocycles. The highest BCUT2D eigenvalue weighted by molar-refractivity contribution is 6.29. The molecular weight excluding hydrogens is 411 g/mol. The Morgan fingerprint density at radius 1 is 1.20 bits per heavy atom. The number of carbonyl (C=O) groups is 2. The Kier molecular flexibility index (Phi) is 6.49. The van der Waals surface area contributed by atoms with Crippen molar-refractivity contribution in [2.45, 2.75) is 60.9 Å². The van der Waals surface area contributed by atoms with Gasteiger partial charge in [0.15, 0.2) is 11.0 Å². The molecule has 1 aliphatic rings. The normalized spacial score (nSPS) is 27.8. The fraction of sp³-hybridized carbons (Fsp3) is 0.682. The van der Waals surface area contributed by atoms with Gasteiger partial charge in [0.25, 0.3) is 0 Å². The average molecular weight is 443 g/mol. The number of carboxylic acid groups (broad SMARTS) is 2. The molecule has 1 aromatic heterocycles. The van der Waals surface area contributed by atoms with Crippen LogP contribution < -0.4 is 0 Å². The first-order chi connectivity index (χ1) is 13.5. The first-order valence-electron chi connectivity index (χ1n) is 10.1. The molecule has 1 aliphatic heterocycles. The van der Waals surface area contributed by atoms with Gasteiger partial charge in [-0.25, -0.2) is 14.2 Å². The predicted molar refractivity (Wildman–Crippen MR) is 113 cm³/mol. The lowest BCUT2D eigenvalue weighted by Crippen LogP contribution is -2.68. The van der Waals surface area contributed by atoms with E-state index in [9.17, 15) is 24.2 Å². The van der Waals surface area contributed by atoms with E-state index in [-0.39, 0.29) is 18.1 Å². The second kappa shape index (κ2) is 7.98. The van der Waals surface area contributed by atoms with Crippen LogP contribution in [0.3, 0.4) is 0 Å². The Balaban J connectivity index is 2.81. The van der Waals surface area contributed by atoms with Crippen LogP contribution >= 0.6 is 11.6 Å². The van der Waals surface area contributed by atoms with Crippen molar-refractivity contribution >= 4 is 23.7 Å². The number of carboxylic acids is 1. The van der Waals surface area contributed by atoms with Gasteiger partial charge in [0.05, 0.1) is 5.41 Å². The molecular formula is C22H32ClFN2O4. The highest BCUT2D eigenvalue weighted by atomic mass is 35.5. The van der Waals surface area contributed by atoms with Gasteiger partial charge in [0.1, 0.15) is 0 Å². The quantitative estimate of drug-likeness (QED) is 0.628. The van der Waals surface area contributed by atoms with Crippen LogP contribution in [0, 0.1) is 33.9 Å². The standard InChI is InChI=1S/C22H32ClFN2O4/c1-12-16(21(5,6)7)22(18(27)28,10-13-8-9-14(24)17(23)25-13)15(20(2,3)4)11-26(12)19(29)30/h8-9,12,15-16H,10-11H2,1-7H3,(H,27,28)(H,29,30)/t12-,15?,16?,22-/m1/s1. The molecule has 4 atom stereocenters. The van der Waals surface area contributed by atoms with Gasteiger partial charge in [-0.1, -0.05) is 53.1 Å². The summed E-state index contributed by atoms with van der Waals surface area (Å²) in [4.78, 5) is 30.6. The summed E-state index contributed by atoms with van der Waals surface area (Å²) in [7, 11) is 0. The van der Waals surface area contributed by atoms with E-state index in [1.54, 1.807) is 6.92 Å². The number of hydrogen-bond acceptors (Lipinski definition) is 3. The molecule has 6 nitrogen and oxygen atoms in total. The molecule has 1 aromatic rings. The molecule has 1 amide bonds. The van der Waals surface area contributed by atoms with Crippen molar-refractivity contribution < 1.29 is 24.2 Å². The third-order valence-corrected chi connectivity index (χ3v) is 6.75. The van der Waals surface area contributed by atoms with Crippen molar-refractivity contribution in [1.82, 2.24) is 9.88 Å². The lowest BCUT2D eigenvalue weighted by atomic mass is 9.48. The highest BCUT2D eigenvalue weighted by Crippen LogP contribution is 2.57. The summed E-state index contributed by atoms with van der Waals surface area (Å²) in [5, 5.41) is 20.2. The van der Waals surface area contributed by atoms with E-state index in [1.807, 2.05) is 41.5 Å². The fourth-order valence-corrected chi connectivity index (χ4v) is 5.76. The predicted octanol–water partition coefficient (Wildman–Crippen LogP) is 5.19. The molecule has 2 heterocycles. The Hall–Kier alpha value is -1.89. The van der Waals surface area contributed by atoms with Gasteiger partial charge in [-0.15, -0.1) is 0 Å². The summed E-state index contributed by atoms with van der Waals surface area (Å²) in [6.07, 6.45) is -1.03. The average Bonchev–Trinajstić information content (AvgIpc) is 2.55. The minimum atomic E-state index is -1.32. The molecule has 2 unspecified atom stereocenters. The van der Waals surface area contributed by atoms with Crippen molar-refractivity contribution in [3.63, 3.8) is 0 Å². The lowest BCUT2D eigenvalue weighted by molar-refractivity contribution is -0.184. The van der Waals surface area contributed by atoms with E-state index in [4.69, 9.17) is 11.6 Å². The summed E-state index contributed by atoms with van der Waals surface area (Å²) in [5.41, 5.74) is -1.99. The summed E-state index contributed by atoms with van der Waals surface area (Å²) >= 11 is 5.88. The molecule has 2 N–H and O–H groups in total. The maximum absolute atomic E-state index is 13.7. The Morgan fingerprint density at radius 2 is 1.77 bits per heavy atom. The number of aliphatic carboxylic acids is 1. The minimum absolute atomic E-state index is 0.0318. The molecule has 0 saturated carbocycles. The largest absolute Gasteiger partial charge is 0.481 e. The van der Waals surface area contributed by atoms with Crippen LogP contribution in [0.5, 0.6) is 0 Å². The first-order valence-corrected chi connectivity index (χ1v) is 10.4. The number of pyridine rings is 1. The van der Waals surface area contributed by atoms with E-state index < -0.39 is 52.0 Å². The molecule has 0 spiro atoms. The van der Waals surface area contributed by atoms with Gasteiger partial charge in [-0.2, -0.15) is 0 Å². The number of nitrogens with zero attached hydrogens (tertiary/aromatic N) is 2. The van der Waals surface area contributed by atoms with Crippen LogP contribution in [0.25, 0.3) is 0 Å². The van der Waals surface area contributed by atoms with Gasteiger partial charge in [-0.05, 0) is 35.8 Å². The van der Waals surface area contributed by atoms with Gasteiger partial charge < -0.3 is 15.1 Å². The van der Waals surface area contributed by atoms with Crippen LogP contribution in [0.1, 0.15) is 54.2 Å². The van der Waals surface area contributed by atoms with Gasteiger partial charge in [0, 0.05) is 30.6 Å². The Bertz CT molecular complexity index is 833. The summed E-state index contributed by atoms with van der Waals surface area (Å²) in [6, 6.07) is 2.11. The first kappa shape index (κ1) is 24.4. The Morgan fingerprint density at radius 3 is 2.17 bits per heavy atom. The molecule has 168 valence electrons. The molecule has 1 fully saturated rings. The van der Waals surface area contributed by atoms with E-state index in [0.29, 0.717) is 5.69 Å². The zero-order valence-corrected chi connectivity index (χ0v) is 19.4. The number of amides is 1. The van der Waals surface area contributed by atoms with Gasteiger partial charge >= 0.3 is 12.1 Å². The van der Waals surface area contributed by atoms with Crippen molar-refractivity contribution in [3.05, 3.63) is 28.8 Å². The minimum Gasteiger partial charge on any atom is -0.481 e. The number of likely N-dealkylation sites (tertiary alicyclic amines) is 1. The van der Waals surface area contributed by atoms with Gasteiger partial charge in [-0.3, -0.25) is 4.79 Å². The Labute approximate surface area is 182 Å². The smallest absolute Gasteiger partial charge is 0.407 e. The lowest BCUT2D eigenvalue weighted by Gasteiger charge is -2.60. The molecule has 0 aromatic carbocycles. The second-order valence-electron chi connectivity index (χ2n) is 10.5. The van der Waals surface area contributed by atoms with Crippen molar-refractivity contribution in [2.75, 3.05) is 6.54 Å². The molecule has 0 radical (unpaired) electrons. The maximum Gasteiger partial charge on any atom is 0.407 e. The van der Waals surface area contributed by atoms with Crippen LogP contribution in [-0.2, 0) is 11.2 Å². The van der Waals surface area contributed by atoms with Crippen molar-refractivity contribution in [3.8, 4) is 0 Å². The number of aromatic nitrogens is 1.